The fraction of sp³-hybridized carbons (Fsp3) is 0.147. The SMILES string of the molecule is C=CC(=C)C(=O)C1=CC(N2C3=C(CCC=C3)Oc3ccccc32)=CNC1NN1C2=C(C=CCC2)Oc2ccccc21. The second-order valence-corrected chi connectivity index (χ2v) is 10.3. The molecule has 0 saturated heterocycles. The van der Waals surface area contributed by atoms with Crippen LogP contribution >= 0.6 is 0 Å². The van der Waals surface area contributed by atoms with Crippen LogP contribution in [0.15, 0.2) is 144 Å². The maximum absolute atomic E-state index is 13.8. The molecule has 2 aromatic rings. The van der Waals surface area contributed by atoms with Gasteiger partial charge in [0, 0.05) is 23.8 Å². The van der Waals surface area contributed by atoms with Crippen molar-refractivity contribution >= 4 is 17.2 Å². The molecule has 3 heterocycles. The topological polar surface area (TPSA) is 66.1 Å². The van der Waals surface area contributed by atoms with Crippen LogP contribution < -0.4 is 30.1 Å². The third-order valence-electron chi connectivity index (χ3n) is 7.71. The van der Waals surface area contributed by atoms with Gasteiger partial charge in [0.2, 0.25) is 0 Å². The van der Waals surface area contributed by atoms with Crippen LogP contribution in [-0.2, 0) is 4.79 Å². The van der Waals surface area contributed by atoms with E-state index in [2.05, 4.69) is 47.0 Å². The van der Waals surface area contributed by atoms with Gasteiger partial charge in [-0.05, 0) is 61.8 Å². The van der Waals surface area contributed by atoms with E-state index in [-0.39, 0.29) is 5.78 Å². The van der Waals surface area contributed by atoms with E-state index in [9.17, 15) is 4.79 Å². The van der Waals surface area contributed by atoms with E-state index in [4.69, 9.17) is 9.47 Å². The quantitative estimate of drug-likeness (QED) is 0.323. The first-order valence-corrected chi connectivity index (χ1v) is 13.9. The molecule has 2 aromatic carbocycles. The van der Waals surface area contributed by atoms with Crippen molar-refractivity contribution in [1.29, 1.82) is 0 Å². The van der Waals surface area contributed by atoms with E-state index < -0.39 is 6.17 Å². The van der Waals surface area contributed by atoms with Gasteiger partial charge >= 0.3 is 0 Å². The van der Waals surface area contributed by atoms with Gasteiger partial charge in [0.05, 0.1) is 22.8 Å². The number of ketones is 1. The van der Waals surface area contributed by atoms with Gasteiger partial charge in [0.25, 0.3) is 0 Å². The Labute approximate surface area is 239 Å². The van der Waals surface area contributed by atoms with Crippen LogP contribution in [0.25, 0.3) is 0 Å². The van der Waals surface area contributed by atoms with Gasteiger partial charge in [-0.15, -0.1) is 0 Å². The maximum atomic E-state index is 13.8. The van der Waals surface area contributed by atoms with Gasteiger partial charge < -0.3 is 19.7 Å². The Morgan fingerprint density at radius 3 is 2.54 bits per heavy atom. The van der Waals surface area contributed by atoms with Crippen molar-refractivity contribution in [3.8, 4) is 11.5 Å². The first kappa shape index (κ1) is 25.0. The molecule has 5 aliphatic rings. The number of anilines is 2. The third kappa shape index (κ3) is 4.31. The van der Waals surface area contributed by atoms with Crippen molar-refractivity contribution in [2.24, 2.45) is 0 Å². The molecular weight excluding hydrogens is 512 g/mol. The highest BCUT2D eigenvalue weighted by atomic mass is 16.5. The molecule has 0 radical (unpaired) electrons. The lowest BCUT2D eigenvalue weighted by molar-refractivity contribution is -0.112. The molecule has 204 valence electrons. The van der Waals surface area contributed by atoms with Gasteiger partial charge in [-0.1, -0.05) is 55.7 Å². The molecule has 2 N–H and O–H groups in total. The first-order valence-electron chi connectivity index (χ1n) is 13.9. The van der Waals surface area contributed by atoms with Crippen LogP contribution in [0.2, 0.25) is 0 Å². The Kier molecular flexibility index (Phi) is 6.21. The highest BCUT2D eigenvalue weighted by Gasteiger charge is 2.35. The summed E-state index contributed by atoms with van der Waals surface area (Å²) in [7, 11) is 0. The second kappa shape index (κ2) is 10.2. The second-order valence-electron chi connectivity index (χ2n) is 10.3. The largest absolute Gasteiger partial charge is 0.457 e. The van der Waals surface area contributed by atoms with E-state index in [1.807, 2.05) is 71.9 Å². The number of dihydropyridines is 1. The van der Waals surface area contributed by atoms with E-state index >= 15 is 0 Å². The van der Waals surface area contributed by atoms with E-state index in [0.29, 0.717) is 11.1 Å². The average molecular weight is 543 g/mol. The summed E-state index contributed by atoms with van der Waals surface area (Å²) in [5.74, 6) is 3.06. The lowest BCUT2D eigenvalue weighted by Crippen LogP contribution is -2.54. The van der Waals surface area contributed by atoms with Gasteiger partial charge in [0.1, 0.15) is 23.4 Å². The number of allylic oxidation sites excluding steroid dienone is 9. The number of ether oxygens (including phenoxy) is 2. The molecule has 7 heteroatoms. The number of nitrogens with one attached hydrogen (secondary N) is 2. The van der Waals surface area contributed by atoms with Crippen LogP contribution in [0.4, 0.5) is 11.4 Å². The molecule has 0 bridgehead atoms. The molecule has 0 aromatic heterocycles. The van der Waals surface area contributed by atoms with Crippen molar-refractivity contribution in [1.82, 2.24) is 10.7 Å². The molecule has 0 spiro atoms. The minimum atomic E-state index is -0.541. The Morgan fingerprint density at radius 1 is 0.976 bits per heavy atom. The summed E-state index contributed by atoms with van der Waals surface area (Å²) in [4.78, 5) is 15.9. The monoisotopic (exact) mass is 542 g/mol. The minimum absolute atomic E-state index is 0.190. The molecule has 7 rings (SSSR count). The Hall–Kier alpha value is -5.01. The molecule has 0 fully saturated rings. The lowest BCUT2D eigenvalue weighted by atomic mass is 9.97. The van der Waals surface area contributed by atoms with Crippen molar-refractivity contribution in [3.05, 3.63) is 144 Å². The third-order valence-corrected chi connectivity index (χ3v) is 7.71. The molecule has 1 atom stereocenters. The van der Waals surface area contributed by atoms with E-state index in [0.717, 1.165) is 77.2 Å². The molecule has 0 saturated carbocycles. The number of rotatable bonds is 6. The molecule has 2 aliphatic carbocycles. The molecule has 41 heavy (non-hydrogen) atoms. The van der Waals surface area contributed by atoms with Gasteiger partial charge in [-0.3, -0.25) is 9.80 Å². The highest BCUT2D eigenvalue weighted by molar-refractivity contribution is 6.11. The summed E-state index contributed by atoms with van der Waals surface area (Å²) < 4.78 is 12.5. The number of Topliss-reactive ketones (excluding diaryl/α,β-unsaturated/α-hetero) is 1. The van der Waals surface area contributed by atoms with Crippen LogP contribution in [0.1, 0.15) is 25.7 Å². The lowest BCUT2D eigenvalue weighted by Gasteiger charge is -2.40. The van der Waals surface area contributed by atoms with Crippen molar-refractivity contribution in [2.75, 3.05) is 9.91 Å². The zero-order valence-corrected chi connectivity index (χ0v) is 22.6. The number of benzene rings is 2. The fourth-order valence-electron chi connectivity index (χ4n) is 5.67. The average Bonchev–Trinajstić information content (AvgIpc) is 3.03. The number of nitrogens with zero attached hydrogens (tertiary/aromatic N) is 2. The minimum Gasteiger partial charge on any atom is -0.457 e. The fourth-order valence-corrected chi connectivity index (χ4v) is 5.67. The smallest absolute Gasteiger partial charge is 0.191 e. The summed E-state index contributed by atoms with van der Waals surface area (Å²) >= 11 is 0. The molecular formula is C34H30N4O3. The number of para-hydroxylation sites is 4. The van der Waals surface area contributed by atoms with Gasteiger partial charge in [-0.25, -0.2) is 5.43 Å². The van der Waals surface area contributed by atoms with E-state index in [1.54, 1.807) is 0 Å². The van der Waals surface area contributed by atoms with Crippen LogP contribution in [-0.4, -0.2) is 11.9 Å². The zero-order chi connectivity index (χ0) is 27.9. The molecule has 7 nitrogen and oxygen atoms in total. The van der Waals surface area contributed by atoms with Gasteiger partial charge in [-0.2, -0.15) is 0 Å². The number of carbonyl (C=O) groups is 1. The number of hydrazine groups is 1. The summed E-state index contributed by atoms with van der Waals surface area (Å²) in [5, 5.41) is 5.53. The number of carbonyl (C=O) groups excluding carboxylic acids is 1. The summed E-state index contributed by atoms with van der Waals surface area (Å²) in [6, 6.07) is 15.9. The van der Waals surface area contributed by atoms with Crippen molar-refractivity contribution in [2.45, 2.75) is 31.8 Å². The predicted octanol–water partition coefficient (Wildman–Crippen LogP) is 6.42. The summed E-state index contributed by atoms with van der Waals surface area (Å²) in [5.41, 5.74) is 9.04. The Morgan fingerprint density at radius 2 is 1.71 bits per heavy atom. The maximum Gasteiger partial charge on any atom is 0.191 e. The van der Waals surface area contributed by atoms with Crippen molar-refractivity contribution in [3.63, 3.8) is 0 Å². The summed E-state index contributed by atoms with van der Waals surface area (Å²) in [6.45, 7) is 7.79. The number of hydrogen-bond acceptors (Lipinski definition) is 7. The predicted molar refractivity (Wildman–Crippen MR) is 160 cm³/mol. The van der Waals surface area contributed by atoms with Crippen LogP contribution in [0.3, 0.4) is 0 Å². The normalized spacial score (nSPS) is 20.3. The molecule has 3 aliphatic heterocycles. The molecule has 1 unspecified atom stereocenters. The Balaban J connectivity index is 1.29. The number of fused-ring (bicyclic) bond motifs is 2. The summed E-state index contributed by atoms with van der Waals surface area (Å²) in [6.07, 6.45) is 16.7. The van der Waals surface area contributed by atoms with E-state index in [1.165, 1.54) is 6.08 Å². The first-order chi connectivity index (χ1) is 20.1. The molecule has 0 amide bonds. The standard InChI is InChI=1S/C34H30N4O3/c1-3-22(2)33(39)24-20-23(37-25-12-4-8-16-29(25)40-30-17-9-5-13-26(30)37)21-35-34(24)36-38-27-14-6-10-18-31(27)41-32-19-11-7-15-28(32)38/h3-6,8,10-14,16,18-21,34-36H,1-2,7,9,15,17H2. The highest BCUT2D eigenvalue weighted by Crippen LogP contribution is 2.44. The Bertz CT molecular complexity index is 1670. The van der Waals surface area contributed by atoms with Crippen LogP contribution in [0, 0.1) is 0 Å². The number of hydrogen-bond donors (Lipinski definition) is 2. The van der Waals surface area contributed by atoms with Gasteiger partial charge in [0.15, 0.2) is 17.3 Å². The van der Waals surface area contributed by atoms with Crippen molar-refractivity contribution < 1.29 is 14.3 Å². The van der Waals surface area contributed by atoms with Crippen LogP contribution in [0.5, 0.6) is 11.5 Å². The zero-order valence-electron chi connectivity index (χ0n) is 22.6.